The van der Waals surface area contributed by atoms with Crippen LogP contribution in [0.25, 0.3) is 0 Å². The molecule has 0 saturated heterocycles. The Kier molecular flexibility index (Phi) is 4.19. The number of methoxy groups -OCH3 is 1. The Hall–Kier alpha value is -1.43. The van der Waals surface area contributed by atoms with Crippen LogP contribution in [0.1, 0.15) is 35.9 Å². The average Bonchev–Trinajstić information content (AvgIpc) is 2.65. The molecule has 1 aromatic heterocycles. The van der Waals surface area contributed by atoms with Crippen LogP contribution in [0, 0.1) is 5.92 Å². The van der Waals surface area contributed by atoms with E-state index in [1.54, 1.807) is 7.11 Å². The van der Waals surface area contributed by atoms with Gasteiger partial charge in [-0.25, -0.2) is 0 Å². The van der Waals surface area contributed by atoms with Crippen molar-refractivity contribution in [1.82, 2.24) is 0 Å². The molecule has 0 unspecified atom stereocenters. The van der Waals surface area contributed by atoms with Gasteiger partial charge < -0.3 is 21.1 Å². The van der Waals surface area contributed by atoms with Gasteiger partial charge in [-0.15, -0.1) is 11.3 Å². The second kappa shape index (κ2) is 5.69. The van der Waals surface area contributed by atoms with E-state index in [-0.39, 0.29) is 0 Å². The molecular formula is C13H21N3O2S. The van der Waals surface area contributed by atoms with Crippen molar-refractivity contribution in [2.24, 2.45) is 11.7 Å². The molecule has 19 heavy (non-hydrogen) atoms. The Morgan fingerprint density at radius 1 is 1.53 bits per heavy atom. The molecule has 1 aromatic rings. The Labute approximate surface area is 117 Å². The number of carbonyl (C=O) groups excluding carboxylic acids is 1. The van der Waals surface area contributed by atoms with E-state index >= 15 is 0 Å². The van der Waals surface area contributed by atoms with E-state index in [1.807, 2.05) is 0 Å². The second-order valence-electron chi connectivity index (χ2n) is 4.88. The molecule has 0 aliphatic heterocycles. The zero-order chi connectivity index (χ0) is 14.0. The fourth-order valence-electron chi connectivity index (χ4n) is 2.35. The van der Waals surface area contributed by atoms with Gasteiger partial charge in [0.2, 0.25) is 0 Å². The minimum absolute atomic E-state index is 0.363. The average molecular weight is 283 g/mol. The van der Waals surface area contributed by atoms with Crippen LogP contribution in [0.3, 0.4) is 0 Å². The molecule has 1 aliphatic carbocycles. The zero-order valence-electron chi connectivity index (χ0n) is 11.4. The van der Waals surface area contributed by atoms with Crippen LogP contribution >= 0.6 is 11.3 Å². The Morgan fingerprint density at radius 3 is 2.63 bits per heavy atom. The first kappa shape index (κ1) is 14.0. The number of anilines is 2. The summed E-state index contributed by atoms with van der Waals surface area (Å²) in [6.07, 6.45) is 3.88. The summed E-state index contributed by atoms with van der Waals surface area (Å²) in [7, 11) is 1.57. The van der Waals surface area contributed by atoms with Gasteiger partial charge in [-0.3, -0.25) is 4.79 Å². The van der Waals surface area contributed by atoms with E-state index in [1.165, 1.54) is 30.6 Å². The van der Waals surface area contributed by atoms with Crippen LogP contribution in [0.5, 0.6) is 5.75 Å². The maximum atomic E-state index is 11.4. The van der Waals surface area contributed by atoms with Crippen molar-refractivity contribution >= 4 is 27.9 Å². The van der Waals surface area contributed by atoms with Crippen LogP contribution in [-0.4, -0.2) is 26.1 Å². The van der Waals surface area contributed by atoms with Crippen molar-refractivity contribution in [2.75, 3.05) is 30.8 Å². The predicted octanol–water partition coefficient (Wildman–Crippen LogP) is 2.06. The van der Waals surface area contributed by atoms with Gasteiger partial charge >= 0.3 is 0 Å². The minimum atomic E-state index is -0.494. The van der Waals surface area contributed by atoms with Crippen molar-refractivity contribution in [1.29, 1.82) is 0 Å². The zero-order valence-corrected chi connectivity index (χ0v) is 12.3. The van der Waals surface area contributed by atoms with E-state index in [2.05, 4.69) is 11.8 Å². The number of nitrogen functional groups attached to an aromatic ring is 1. The quantitative estimate of drug-likeness (QED) is 0.837. The first-order valence-corrected chi connectivity index (χ1v) is 7.41. The molecule has 0 aromatic carbocycles. The van der Waals surface area contributed by atoms with Crippen LogP contribution in [-0.2, 0) is 0 Å². The number of nitrogens with two attached hydrogens (primary N) is 2. The van der Waals surface area contributed by atoms with Gasteiger partial charge in [0.1, 0.15) is 15.6 Å². The smallest absolute Gasteiger partial charge is 0.261 e. The monoisotopic (exact) mass is 283 g/mol. The van der Waals surface area contributed by atoms with Crippen LogP contribution in [0.15, 0.2) is 0 Å². The van der Waals surface area contributed by atoms with Crippen molar-refractivity contribution < 1.29 is 9.53 Å². The number of hydrogen-bond acceptors (Lipinski definition) is 5. The number of primary amides is 1. The lowest BCUT2D eigenvalue weighted by molar-refractivity contribution is 0.100. The van der Waals surface area contributed by atoms with Gasteiger partial charge in [-0.2, -0.15) is 0 Å². The molecule has 106 valence electrons. The van der Waals surface area contributed by atoms with Crippen molar-refractivity contribution in [3.8, 4) is 5.75 Å². The second-order valence-corrected chi connectivity index (χ2v) is 5.88. The SMILES string of the molecule is CCN(CC1CCC1)c1sc(C(N)=O)c(N)c1OC. The third kappa shape index (κ3) is 2.63. The molecule has 1 aliphatic rings. The van der Waals surface area contributed by atoms with E-state index in [9.17, 15) is 4.79 Å². The molecule has 2 rings (SSSR count). The Bertz CT molecular complexity index is 469. The van der Waals surface area contributed by atoms with Crippen LogP contribution in [0.4, 0.5) is 10.7 Å². The highest BCUT2D eigenvalue weighted by molar-refractivity contribution is 7.19. The first-order chi connectivity index (χ1) is 9.08. The summed E-state index contributed by atoms with van der Waals surface area (Å²) < 4.78 is 5.36. The van der Waals surface area contributed by atoms with Crippen molar-refractivity contribution in [3.63, 3.8) is 0 Å². The number of carbonyl (C=O) groups is 1. The number of amides is 1. The molecule has 1 heterocycles. The summed E-state index contributed by atoms with van der Waals surface area (Å²) in [5.74, 6) is 0.830. The largest absolute Gasteiger partial charge is 0.492 e. The summed E-state index contributed by atoms with van der Waals surface area (Å²) in [6, 6.07) is 0. The van der Waals surface area contributed by atoms with E-state index in [0.29, 0.717) is 16.3 Å². The Morgan fingerprint density at radius 2 is 2.21 bits per heavy atom. The van der Waals surface area contributed by atoms with E-state index in [0.717, 1.165) is 24.0 Å². The highest BCUT2D eigenvalue weighted by atomic mass is 32.1. The molecule has 1 amide bonds. The van der Waals surface area contributed by atoms with Crippen LogP contribution < -0.4 is 21.1 Å². The summed E-state index contributed by atoms with van der Waals surface area (Å²) in [5.41, 5.74) is 11.7. The predicted molar refractivity (Wildman–Crippen MR) is 79.0 cm³/mol. The van der Waals surface area contributed by atoms with E-state index < -0.39 is 5.91 Å². The van der Waals surface area contributed by atoms with Gasteiger partial charge in [-0.05, 0) is 25.7 Å². The van der Waals surface area contributed by atoms with Gasteiger partial charge in [-0.1, -0.05) is 6.42 Å². The molecule has 4 N–H and O–H groups in total. The molecule has 6 heteroatoms. The topological polar surface area (TPSA) is 81.6 Å². The normalized spacial score (nSPS) is 15.1. The van der Waals surface area contributed by atoms with Crippen molar-refractivity contribution in [3.05, 3.63) is 4.88 Å². The lowest BCUT2D eigenvalue weighted by atomic mass is 9.85. The summed E-state index contributed by atoms with van der Waals surface area (Å²) in [6.45, 7) is 3.95. The number of ether oxygens (including phenoxy) is 1. The van der Waals surface area contributed by atoms with Gasteiger partial charge in [0, 0.05) is 13.1 Å². The molecule has 5 nitrogen and oxygen atoms in total. The number of nitrogens with zero attached hydrogens (tertiary/aromatic N) is 1. The lowest BCUT2D eigenvalue weighted by Gasteiger charge is -2.32. The minimum Gasteiger partial charge on any atom is -0.492 e. The molecule has 1 saturated carbocycles. The van der Waals surface area contributed by atoms with Crippen molar-refractivity contribution in [2.45, 2.75) is 26.2 Å². The standard InChI is InChI=1S/C13H21N3O2S/c1-3-16(7-8-5-4-6-8)13-10(18-2)9(14)11(19-13)12(15)17/h8H,3-7,14H2,1-2H3,(H2,15,17). The maximum Gasteiger partial charge on any atom is 0.261 e. The number of thiophene rings is 1. The third-order valence-corrected chi connectivity index (χ3v) is 4.94. The molecule has 0 bridgehead atoms. The maximum absolute atomic E-state index is 11.4. The molecule has 1 fully saturated rings. The van der Waals surface area contributed by atoms with Gasteiger partial charge in [0.15, 0.2) is 5.75 Å². The summed E-state index contributed by atoms with van der Waals surface area (Å²) >= 11 is 1.33. The fraction of sp³-hybridized carbons (Fsp3) is 0.615. The fourth-order valence-corrected chi connectivity index (χ4v) is 3.46. The summed E-state index contributed by atoms with van der Waals surface area (Å²) in [5, 5.41) is 0.920. The number of hydrogen-bond donors (Lipinski definition) is 2. The molecule has 0 radical (unpaired) electrons. The van der Waals surface area contributed by atoms with Gasteiger partial charge in [0.25, 0.3) is 5.91 Å². The van der Waals surface area contributed by atoms with E-state index in [4.69, 9.17) is 16.2 Å². The Balaban J connectivity index is 2.29. The first-order valence-electron chi connectivity index (χ1n) is 6.59. The number of rotatable bonds is 6. The highest BCUT2D eigenvalue weighted by Gasteiger charge is 2.26. The molecular weight excluding hydrogens is 262 g/mol. The summed E-state index contributed by atoms with van der Waals surface area (Å²) in [4.78, 5) is 14.0. The van der Waals surface area contributed by atoms with Crippen LogP contribution in [0.2, 0.25) is 0 Å². The molecule has 0 spiro atoms. The van der Waals surface area contributed by atoms with Gasteiger partial charge in [0.05, 0.1) is 7.11 Å². The lowest BCUT2D eigenvalue weighted by Crippen LogP contribution is -2.32. The highest BCUT2D eigenvalue weighted by Crippen LogP contribution is 2.45. The molecule has 0 atom stereocenters. The third-order valence-electron chi connectivity index (χ3n) is 3.68.